The van der Waals surface area contributed by atoms with Gasteiger partial charge in [-0.15, -0.1) is 0 Å². The molecule has 0 unspecified atom stereocenters. The fourth-order valence-corrected chi connectivity index (χ4v) is 2.45. The standard InChI is InChI=1S/C13H23NO4/c1-8-6-7-10(9(2)14(8)12(16)17)11(15)18-13(3,4)5/h8-10H,6-7H2,1-5H3,(H,16,17)/t8-,9+,10+/m1/s1. The van der Waals surface area contributed by atoms with Gasteiger partial charge in [0, 0.05) is 12.1 Å². The van der Waals surface area contributed by atoms with Gasteiger partial charge in [0.05, 0.1) is 5.92 Å². The van der Waals surface area contributed by atoms with E-state index in [-0.39, 0.29) is 24.0 Å². The van der Waals surface area contributed by atoms with E-state index < -0.39 is 11.7 Å². The van der Waals surface area contributed by atoms with Gasteiger partial charge in [0.1, 0.15) is 5.60 Å². The lowest BCUT2D eigenvalue weighted by atomic mass is 9.87. The number of ether oxygens (including phenoxy) is 1. The first-order valence-electron chi connectivity index (χ1n) is 6.37. The Morgan fingerprint density at radius 1 is 1.22 bits per heavy atom. The van der Waals surface area contributed by atoms with Crippen molar-refractivity contribution in [3.05, 3.63) is 0 Å². The van der Waals surface area contributed by atoms with Crippen LogP contribution < -0.4 is 0 Å². The number of carbonyl (C=O) groups is 2. The molecule has 3 atom stereocenters. The molecule has 0 radical (unpaired) electrons. The van der Waals surface area contributed by atoms with Crippen LogP contribution in [-0.4, -0.2) is 39.8 Å². The van der Waals surface area contributed by atoms with E-state index in [0.717, 1.165) is 0 Å². The zero-order valence-electron chi connectivity index (χ0n) is 11.8. The predicted molar refractivity (Wildman–Crippen MR) is 67.4 cm³/mol. The Kier molecular flexibility index (Phi) is 4.24. The van der Waals surface area contributed by atoms with Crippen LogP contribution in [0.25, 0.3) is 0 Å². The van der Waals surface area contributed by atoms with Crippen molar-refractivity contribution in [2.45, 2.75) is 65.1 Å². The van der Waals surface area contributed by atoms with Gasteiger partial charge in [-0.05, 0) is 47.5 Å². The number of carboxylic acid groups (broad SMARTS) is 1. The Bertz CT molecular complexity index is 334. The van der Waals surface area contributed by atoms with E-state index in [1.807, 2.05) is 27.7 Å². The van der Waals surface area contributed by atoms with Gasteiger partial charge in [-0.3, -0.25) is 4.79 Å². The number of hydrogen-bond donors (Lipinski definition) is 1. The molecule has 1 heterocycles. The maximum Gasteiger partial charge on any atom is 0.407 e. The lowest BCUT2D eigenvalue weighted by Crippen LogP contribution is -2.53. The van der Waals surface area contributed by atoms with Crippen molar-refractivity contribution in [1.29, 1.82) is 0 Å². The Labute approximate surface area is 108 Å². The van der Waals surface area contributed by atoms with E-state index in [2.05, 4.69) is 0 Å². The first-order valence-corrected chi connectivity index (χ1v) is 6.37. The summed E-state index contributed by atoms with van der Waals surface area (Å²) < 4.78 is 5.35. The highest BCUT2D eigenvalue weighted by atomic mass is 16.6. The van der Waals surface area contributed by atoms with Gasteiger partial charge in [-0.1, -0.05) is 0 Å². The van der Waals surface area contributed by atoms with Gasteiger partial charge >= 0.3 is 12.1 Å². The smallest absolute Gasteiger partial charge is 0.407 e. The molecule has 1 amide bonds. The van der Waals surface area contributed by atoms with Crippen molar-refractivity contribution in [2.75, 3.05) is 0 Å². The van der Waals surface area contributed by atoms with Gasteiger partial charge in [0.15, 0.2) is 0 Å². The highest BCUT2D eigenvalue weighted by Gasteiger charge is 2.40. The van der Waals surface area contributed by atoms with Crippen LogP contribution >= 0.6 is 0 Å². The number of nitrogens with zero attached hydrogens (tertiary/aromatic N) is 1. The SMILES string of the molecule is C[C@@H]1CC[C@H](C(=O)OC(C)(C)C)[C@H](C)N1C(=O)O. The molecule has 1 aliphatic rings. The molecule has 5 nitrogen and oxygen atoms in total. The van der Waals surface area contributed by atoms with Crippen LogP contribution in [0.15, 0.2) is 0 Å². The van der Waals surface area contributed by atoms with Gasteiger partial charge in [0.25, 0.3) is 0 Å². The highest BCUT2D eigenvalue weighted by molar-refractivity contribution is 5.75. The van der Waals surface area contributed by atoms with Crippen molar-refractivity contribution < 1.29 is 19.4 Å². The largest absolute Gasteiger partial charge is 0.465 e. The lowest BCUT2D eigenvalue weighted by Gasteiger charge is -2.41. The molecule has 1 aliphatic heterocycles. The van der Waals surface area contributed by atoms with Crippen molar-refractivity contribution in [1.82, 2.24) is 4.90 Å². The van der Waals surface area contributed by atoms with Crippen LogP contribution in [0.3, 0.4) is 0 Å². The Morgan fingerprint density at radius 2 is 1.78 bits per heavy atom. The van der Waals surface area contributed by atoms with Gasteiger partial charge < -0.3 is 14.7 Å². The molecule has 1 saturated heterocycles. The molecule has 0 aromatic rings. The Morgan fingerprint density at radius 3 is 2.22 bits per heavy atom. The summed E-state index contributed by atoms with van der Waals surface area (Å²) >= 11 is 0. The number of amides is 1. The fourth-order valence-electron chi connectivity index (χ4n) is 2.45. The Hall–Kier alpha value is -1.26. The van der Waals surface area contributed by atoms with Gasteiger partial charge in [-0.2, -0.15) is 0 Å². The van der Waals surface area contributed by atoms with Crippen LogP contribution in [0.5, 0.6) is 0 Å². The topological polar surface area (TPSA) is 66.8 Å². The van der Waals surface area contributed by atoms with Gasteiger partial charge in [-0.25, -0.2) is 4.79 Å². The first kappa shape index (κ1) is 14.8. The van der Waals surface area contributed by atoms with Crippen LogP contribution in [-0.2, 0) is 9.53 Å². The minimum absolute atomic E-state index is 0.0452. The molecule has 1 fully saturated rings. The number of rotatable bonds is 1. The molecule has 104 valence electrons. The molecule has 18 heavy (non-hydrogen) atoms. The molecule has 0 saturated carbocycles. The van der Waals surface area contributed by atoms with E-state index in [0.29, 0.717) is 12.8 Å². The molecule has 0 bridgehead atoms. The summed E-state index contributed by atoms with van der Waals surface area (Å²) in [6.07, 6.45) is 0.407. The van der Waals surface area contributed by atoms with E-state index in [9.17, 15) is 14.7 Å². The number of likely N-dealkylation sites (tertiary alicyclic amines) is 1. The highest BCUT2D eigenvalue weighted by Crippen LogP contribution is 2.30. The number of carbonyl (C=O) groups excluding carboxylic acids is 1. The van der Waals surface area contributed by atoms with E-state index in [1.54, 1.807) is 6.92 Å². The summed E-state index contributed by atoms with van der Waals surface area (Å²) in [6, 6.07) is -0.378. The minimum Gasteiger partial charge on any atom is -0.465 e. The third-order valence-electron chi connectivity index (χ3n) is 3.32. The third-order valence-corrected chi connectivity index (χ3v) is 3.32. The van der Waals surface area contributed by atoms with Crippen LogP contribution in [0.2, 0.25) is 0 Å². The number of hydrogen-bond acceptors (Lipinski definition) is 3. The van der Waals surface area contributed by atoms with E-state index in [4.69, 9.17) is 4.74 Å². The molecular weight excluding hydrogens is 234 g/mol. The zero-order chi connectivity index (χ0) is 14.1. The van der Waals surface area contributed by atoms with Crippen molar-refractivity contribution in [3.63, 3.8) is 0 Å². The normalized spacial score (nSPS) is 28.9. The number of esters is 1. The van der Waals surface area contributed by atoms with Gasteiger partial charge in [0.2, 0.25) is 0 Å². The second kappa shape index (κ2) is 5.16. The average Bonchev–Trinajstić information content (AvgIpc) is 2.13. The summed E-state index contributed by atoms with van der Waals surface area (Å²) in [6.45, 7) is 9.09. The summed E-state index contributed by atoms with van der Waals surface area (Å²) in [5, 5.41) is 9.19. The maximum absolute atomic E-state index is 12.1. The summed E-state index contributed by atoms with van der Waals surface area (Å²) in [5.41, 5.74) is -0.534. The van der Waals surface area contributed by atoms with Crippen LogP contribution in [0, 0.1) is 5.92 Å². The Balaban J connectivity index is 2.79. The van der Waals surface area contributed by atoms with Crippen molar-refractivity contribution in [2.24, 2.45) is 5.92 Å². The second-order valence-electron chi connectivity index (χ2n) is 6.00. The summed E-state index contributed by atoms with van der Waals surface area (Å²) in [5.74, 6) is -0.662. The maximum atomic E-state index is 12.1. The summed E-state index contributed by atoms with van der Waals surface area (Å²) in [7, 11) is 0. The molecule has 0 aliphatic carbocycles. The molecular formula is C13H23NO4. The lowest BCUT2D eigenvalue weighted by molar-refractivity contribution is -0.164. The predicted octanol–water partition coefficient (Wildman–Crippen LogP) is 2.50. The molecule has 1 rings (SSSR count). The third kappa shape index (κ3) is 3.37. The second-order valence-corrected chi connectivity index (χ2v) is 6.00. The molecule has 0 spiro atoms. The van der Waals surface area contributed by atoms with E-state index in [1.165, 1.54) is 4.90 Å². The van der Waals surface area contributed by atoms with Crippen LogP contribution in [0.1, 0.15) is 47.5 Å². The number of piperidine rings is 1. The van der Waals surface area contributed by atoms with Crippen molar-refractivity contribution >= 4 is 12.1 Å². The molecule has 1 N–H and O–H groups in total. The minimum atomic E-state index is -0.969. The van der Waals surface area contributed by atoms with Crippen molar-refractivity contribution in [3.8, 4) is 0 Å². The first-order chi connectivity index (χ1) is 8.13. The average molecular weight is 257 g/mol. The molecule has 5 heteroatoms. The quantitative estimate of drug-likeness (QED) is 0.733. The fraction of sp³-hybridized carbons (Fsp3) is 0.846. The summed E-state index contributed by atoms with van der Waals surface area (Å²) in [4.78, 5) is 24.6. The van der Waals surface area contributed by atoms with E-state index >= 15 is 0 Å². The monoisotopic (exact) mass is 257 g/mol. The van der Waals surface area contributed by atoms with Crippen LogP contribution in [0.4, 0.5) is 4.79 Å². The molecule has 0 aromatic carbocycles. The zero-order valence-corrected chi connectivity index (χ0v) is 11.8. The molecule has 0 aromatic heterocycles.